The zero-order chi connectivity index (χ0) is 7.40. The molecule has 1 aromatic carbocycles. The molecule has 1 rings (SSSR count). The van der Waals surface area contributed by atoms with Crippen LogP contribution in [-0.4, -0.2) is 0 Å². The molecule has 0 aliphatic carbocycles. The number of benzene rings is 1. The number of nitrogens with one attached hydrogen (secondary N) is 1. The largest absolute Gasteiger partial charge is 0.262 e. The van der Waals surface area contributed by atoms with Gasteiger partial charge in [-0.2, -0.15) is 0 Å². The monoisotopic (exact) mass is 217 g/mol. The van der Waals surface area contributed by atoms with E-state index in [1.807, 2.05) is 24.3 Å². The van der Waals surface area contributed by atoms with Crippen LogP contribution >= 0.6 is 28.7 Å². The summed E-state index contributed by atoms with van der Waals surface area (Å²) >= 11 is 7.25. The number of thiol groups is 1. The van der Waals surface area contributed by atoms with Crippen molar-refractivity contribution >= 4 is 28.7 Å². The van der Waals surface area contributed by atoms with Crippen LogP contribution in [0.2, 0.25) is 0 Å². The Hall–Kier alpha value is 0.01000. The maximum Gasteiger partial charge on any atom is 0.0307 e. The second-order valence-electron chi connectivity index (χ2n) is 1.96. The molecule has 54 valence electrons. The molecule has 1 nitrogen and oxygen atoms in total. The molecule has 0 aromatic heterocycles. The van der Waals surface area contributed by atoms with Gasteiger partial charge in [-0.05, 0) is 17.7 Å². The Balaban J connectivity index is 2.69. The SMILES string of the molecule is SNCc1ccc(Br)cc1. The van der Waals surface area contributed by atoms with Gasteiger partial charge >= 0.3 is 0 Å². The van der Waals surface area contributed by atoms with Gasteiger partial charge in [0.2, 0.25) is 0 Å². The maximum atomic E-state index is 3.90. The van der Waals surface area contributed by atoms with E-state index < -0.39 is 0 Å². The first kappa shape index (κ1) is 8.11. The first-order valence-corrected chi connectivity index (χ1v) is 4.18. The van der Waals surface area contributed by atoms with Crippen LogP contribution in [0.4, 0.5) is 0 Å². The quantitative estimate of drug-likeness (QED) is 0.726. The Labute approximate surface area is 74.5 Å². The van der Waals surface area contributed by atoms with Crippen molar-refractivity contribution in [3.63, 3.8) is 0 Å². The average molecular weight is 218 g/mol. The smallest absolute Gasteiger partial charge is 0.0307 e. The van der Waals surface area contributed by atoms with Crippen molar-refractivity contribution in [3.05, 3.63) is 34.3 Å². The van der Waals surface area contributed by atoms with Crippen LogP contribution in [-0.2, 0) is 6.54 Å². The van der Waals surface area contributed by atoms with E-state index in [4.69, 9.17) is 0 Å². The molecule has 0 heterocycles. The summed E-state index contributed by atoms with van der Waals surface area (Å²) < 4.78 is 3.89. The molecule has 3 heteroatoms. The second-order valence-corrected chi connectivity index (χ2v) is 3.19. The van der Waals surface area contributed by atoms with E-state index in [1.165, 1.54) is 5.56 Å². The maximum absolute atomic E-state index is 3.90. The molecule has 0 aliphatic heterocycles. The number of hydrogen-bond donors (Lipinski definition) is 2. The van der Waals surface area contributed by atoms with E-state index in [9.17, 15) is 0 Å². The molecule has 0 unspecified atom stereocenters. The normalized spacial score (nSPS) is 9.80. The highest BCUT2D eigenvalue weighted by Crippen LogP contribution is 2.09. The van der Waals surface area contributed by atoms with Gasteiger partial charge in [0.15, 0.2) is 0 Å². The summed E-state index contributed by atoms with van der Waals surface area (Å²) in [6.07, 6.45) is 0. The van der Waals surface area contributed by atoms with Gasteiger partial charge in [0, 0.05) is 11.0 Å². The third-order valence-corrected chi connectivity index (χ3v) is 1.88. The predicted octanol–water partition coefficient (Wildman–Crippen LogP) is 2.38. The fourth-order valence-electron chi connectivity index (χ4n) is 0.694. The molecule has 1 aromatic rings. The van der Waals surface area contributed by atoms with E-state index in [2.05, 4.69) is 33.5 Å². The Morgan fingerprint density at radius 1 is 1.30 bits per heavy atom. The lowest BCUT2D eigenvalue weighted by molar-refractivity contribution is 0.985. The van der Waals surface area contributed by atoms with Crippen molar-refractivity contribution in [2.24, 2.45) is 0 Å². The van der Waals surface area contributed by atoms with Crippen LogP contribution < -0.4 is 4.72 Å². The summed E-state index contributed by atoms with van der Waals surface area (Å²) in [5.74, 6) is 0. The molecule has 0 saturated heterocycles. The Morgan fingerprint density at radius 2 is 1.90 bits per heavy atom. The Kier molecular flexibility index (Phi) is 3.25. The summed E-state index contributed by atoms with van der Waals surface area (Å²) in [5, 5.41) is 0. The highest BCUT2D eigenvalue weighted by atomic mass is 79.9. The molecule has 10 heavy (non-hydrogen) atoms. The molecule has 0 aliphatic rings. The minimum Gasteiger partial charge on any atom is -0.262 e. The fraction of sp³-hybridized carbons (Fsp3) is 0.143. The topological polar surface area (TPSA) is 12.0 Å². The zero-order valence-corrected chi connectivity index (χ0v) is 7.82. The molecular formula is C7H8BrNS. The highest BCUT2D eigenvalue weighted by molar-refractivity contribution is 9.10. The van der Waals surface area contributed by atoms with E-state index in [0.29, 0.717) is 0 Å². The minimum atomic E-state index is 0.802. The first-order valence-electron chi connectivity index (χ1n) is 2.94. The van der Waals surface area contributed by atoms with Gasteiger partial charge in [0.1, 0.15) is 0 Å². The van der Waals surface area contributed by atoms with Gasteiger partial charge < -0.3 is 0 Å². The molecule has 0 saturated carbocycles. The third-order valence-electron chi connectivity index (χ3n) is 1.20. The average Bonchev–Trinajstić information content (AvgIpc) is 1.95. The van der Waals surface area contributed by atoms with Crippen LogP contribution in [0.3, 0.4) is 0 Å². The van der Waals surface area contributed by atoms with Crippen molar-refractivity contribution < 1.29 is 0 Å². The van der Waals surface area contributed by atoms with Gasteiger partial charge in [-0.3, -0.25) is 4.72 Å². The Bertz CT molecular complexity index is 197. The third kappa shape index (κ3) is 2.33. The molecule has 0 bridgehead atoms. The van der Waals surface area contributed by atoms with E-state index in [-0.39, 0.29) is 0 Å². The zero-order valence-electron chi connectivity index (χ0n) is 5.34. The number of halogens is 1. The van der Waals surface area contributed by atoms with Gasteiger partial charge in [0.25, 0.3) is 0 Å². The van der Waals surface area contributed by atoms with Gasteiger partial charge in [0.05, 0.1) is 0 Å². The lowest BCUT2D eigenvalue weighted by atomic mass is 10.2. The van der Waals surface area contributed by atoms with Crippen LogP contribution in [0.15, 0.2) is 28.7 Å². The molecule has 0 fully saturated rings. The standard InChI is InChI=1S/C7H8BrNS/c8-7-3-1-6(2-4-7)5-9-10/h1-4,9-10H,5H2. The second kappa shape index (κ2) is 4.01. The fourth-order valence-corrected chi connectivity index (χ4v) is 1.14. The van der Waals surface area contributed by atoms with Crippen molar-refractivity contribution in [1.29, 1.82) is 0 Å². The van der Waals surface area contributed by atoms with Crippen molar-refractivity contribution in [1.82, 2.24) is 4.72 Å². The van der Waals surface area contributed by atoms with Crippen LogP contribution in [0.25, 0.3) is 0 Å². The number of rotatable bonds is 2. The van der Waals surface area contributed by atoms with Crippen LogP contribution in [0, 0.1) is 0 Å². The molecule has 1 N–H and O–H groups in total. The molecular weight excluding hydrogens is 210 g/mol. The summed E-state index contributed by atoms with van der Waals surface area (Å²) in [6.45, 7) is 0.802. The summed E-state index contributed by atoms with van der Waals surface area (Å²) in [5.41, 5.74) is 1.23. The minimum absolute atomic E-state index is 0.802. The summed E-state index contributed by atoms with van der Waals surface area (Å²) in [6, 6.07) is 8.13. The first-order chi connectivity index (χ1) is 4.83. The van der Waals surface area contributed by atoms with Crippen LogP contribution in [0.1, 0.15) is 5.56 Å². The van der Waals surface area contributed by atoms with Crippen molar-refractivity contribution in [2.45, 2.75) is 6.54 Å². The molecule has 0 atom stereocenters. The van der Waals surface area contributed by atoms with E-state index in [0.717, 1.165) is 11.0 Å². The Morgan fingerprint density at radius 3 is 2.40 bits per heavy atom. The number of hydrogen-bond acceptors (Lipinski definition) is 2. The van der Waals surface area contributed by atoms with Gasteiger partial charge in [-0.1, -0.05) is 40.9 Å². The lowest BCUT2D eigenvalue weighted by Crippen LogP contribution is -1.97. The molecule has 0 spiro atoms. The summed E-state index contributed by atoms with van der Waals surface area (Å²) in [4.78, 5) is 0. The van der Waals surface area contributed by atoms with Gasteiger partial charge in [-0.25, -0.2) is 0 Å². The summed E-state index contributed by atoms with van der Waals surface area (Å²) in [7, 11) is 0. The highest BCUT2D eigenvalue weighted by Gasteiger charge is 1.88. The lowest BCUT2D eigenvalue weighted by Gasteiger charge is -1.97. The van der Waals surface area contributed by atoms with Crippen molar-refractivity contribution in [3.8, 4) is 0 Å². The van der Waals surface area contributed by atoms with E-state index >= 15 is 0 Å². The molecule has 0 radical (unpaired) electrons. The van der Waals surface area contributed by atoms with Crippen LogP contribution in [0.5, 0.6) is 0 Å². The van der Waals surface area contributed by atoms with Crippen molar-refractivity contribution in [2.75, 3.05) is 0 Å². The van der Waals surface area contributed by atoms with E-state index in [1.54, 1.807) is 0 Å². The van der Waals surface area contributed by atoms with Gasteiger partial charge in [-0.15, -0.1) is 0 Å². The predicted molar refractivity (Wildman–Crippen MR) is 50.0 cm³/mol. The molecule has 0 amide bonds.